The minimum atomic E-state index is -0.473. The molecule has 8 nitrogen and oxygen atoms in total. The zero-order chi connectivity index (χ0) is 19.9. The highest BCUT2D eigenvalue weighted by molar-refractivity contribution is 5.95. The molecule has 0 aromatic heterocycles. The van der Waals surface area contributed by atoms with Gasteiger partial charge in [-0.05, 0) is 31.5 Å². The van der Waals surface area contributed by atoms with Crippen LogP contribution in [0.4, 0.5) is 0 Å². The van der Waals surface area contributed by atoms with E-state index in [-0.39, 0.29) is 24.9 Å². The molecule has 3 rings (SSSR count). The number of nitrogens with zero attached hydrogens (tertiary/aromatic N) is 2. The summed E-state index contributed by atoms with van der Waals surface area (Å²) in [6.07, 6.45) is 1.00. The summed E-state index contributed by atoms with van der Waals surface area (Å²) in [5, 5.41) is 3.37. The number of halogens is 1. The van der Waals surface area contributed by atoms with Crippen molar-refractivity contribution in [2.45, 2.75) is 19.4 Å². The lowest BCUT2D eigenvalue weighted by Crippen LogP contribution is -2.49. The Morgan fingerprint density at radius 2 is 1.90 bits per heavy atom. The summed E-state index contributed by atoms with van der Waals surface area (Å²) < 4.78 is 15.7. The van der Waals surface area contributed by atoms with E-state index in [4.69, 9.17) is 9.47 Å². The first kappa shape index (κ1) is 23.3. The van der Waals surface area contributed by atoms with Gasteiger partial charge in [0.25, 0.3) is 5.91 Å². The maximum atomic E-state index is 13.0. The number of benzene rings is 1. The van der Waals surface area contributed by atoms with Gasteiger partial charge in [-0.3, -0.25) is 9.69 Å². The number of likely N-dealkylation sites (tertiary alicyclic amines) is 1. The maximum absolute atomic E-state index is 13.0. The Balaban J connectivity index is 0.00000300. The van der Waals surface area contributed by atoms with E-state index in [1.165, 1.54) is 7.11 Å². The van der Waals surface area contributed by atoms with Gasteiger partial charge in [0.15, 0.2) is 18.1 Å². The van der Waals surface area contributed by atoms with E-state index in [2.05, 4.69) is 15.0 Å². The molecule has 9 heteroatoms. The standard InChI is InChI=1S/C20H29N3O5.ClH/c1-3-27-18-12-15(4-5-17(18)28-14-19(24)26-2)20(25)23-9-6-16(13-23)22-10-7-21-8-11-22;/h4-5,12,16,21H,3,6-11,13-14H2,1-2H3;1H. The number of hydrogen-bond acceptors (Lipinski definition) is 7. The van der Waals surface area contributed by atoms with Gasteiger partial charge in [-0.15, -0.1) is 12.4 Å². The Hall–Kier alpha value is -2.03. The molecule has 0 radical (unpaired) electrons. The first-order valence-electron chi connectivity index (χ1n) is 9.83. The molecule has 2 fully saturated rings. The van der Waals surface area contributed by atoms with Crippen LogP contribution in [-0.2, 0) is 9.53 Å². The SMILES string of the molecule is CCOc1cc(C(=O)N2CCC(N3CCNCC3)C2)ccc1OCC(=O)OC.Cl. The van der Waals surface area contributed by atoms with Crippen molar-refractivity contribution in [2.75, 3.05) is 59.6 Å². The number of carbonyl (C=O) groups excluding carboxylic acids is 2. The zero-order valence-electron chi connectivity index (χ0n) is 17.0. The Kier molecular flexibility index (Phi) is 9.00. The third-order valence-electron chi connectivity index (χ3n) is 5.18. The Bertz CT molecular complexity index is 697. The highest BCUT2D eigenvalue weighted by Gasteiger charge is 2.31. The first-order chi connectivity index (χ1) is 13.6. The lowest BCUT2D eigenvalue weighted by atomic mass is 10.1. The van der Waals surface area contributed by atoms with Gasteiger partial charge in [0.1, 0.15) is 0 Å². The van der Waals surface area contributed by atoms with Gasteiger partial charge < -0.3 is 24.4 Å². The number of rotatable bonds is 7. The van der Waals surface area contributed by atoms with Crippen LogP contribution >= 0.6 is 12.4 Å². The molecule has 2 aliphatic rings. The molecule has 29 heavy (non-hydrogen) atoms. The third-order valence-corrected chi connectivity index (χ3v) is 5.18. The molecule has 0 saturated carbocycles. The predicted molar refractivity (Wildman–Crippen MR) is 111 cm³/mol. The summed E-state index contributed by atoms with van der Waals surface area (Å²) in [6.45, 7) is 7.69. The molecule has 1 N–H and O–H groups in total. The van der Waals surface area contributed by atoms with Gasteiger partial charge in [0, 0.05) is 50.9 Å². The lowest BCUT2D eigenvalue weighted by Gasteiger charge is -2.32. The first-order valence-corrected chi connectivity index (χ1v) is 9.83. The molecule has 0 aliphatic carbocycles. The summed E-state index contributed by atoms with van der Waals surface area (Å²) in [4.78, 5) is 28.7. The smallest absolute Gasteiger partial charge is 0.343 e. The molecule has 2 aliphatic heterocycles. The molecular weight excluding hydrogens is 398 g/mol. The second-order valence-corrected chi connectivity index (χ2v) is 6.94. The van der Waals surface area contributed by atoms with Crippen LogP contribution < -0.4 is 14.8 Å². The quantitative estimate of drug-likeness (QED) is 0.654. The zero-order valence-corrected chi connectivity index (χ0v) is 17.8. The fraction of sp³-hybridized carbons (Fsp3) is 0.600. The molecule has 1 unspecified atom stereocenters. The van der Waals surface area contributed by atoms with Crippen LogP contribution in [-0.4, -0.2) is 87.3 Å². The van der Waals surface area contributed by atoms with Crippen LogP contribution in [0.5, 0.6) is 11.5 Å². The van der Waals surface area contributed by atoms with E-state index in [1.807, 2.05) is 11.8 Å². The van der Waals surface area contributed by atoms with Crippen molar-refractivity contribution in [3.05, 3.63) is 23.8 Å². The summed E-state index contributed by atoms with van der Waals surface area (Å²) in [7, 11) is 1.31. The summed E-state index contributed by atoms with van der Waals surface area (Å²) in [5.74, 6) is 0.399. The molecular formula is C20H30ClN3O5. The van der Waals surface area contributed by atoms with Crippen molar-refractivity contribution in [1.29, 1.82) is 0 Å². The minimum absolute atomic E-state index is 0. The fourth-order valence-electron chi connectivity index (χ4n) is 3.68. The van der Waals surface area contributed by atoms with Crippen LogP contribution in [0.3, 0.4) is 0 Å². The monoisotopic (exact) mass is 427 g/mol. The van der Waals surface area contributed by atoms with Crippen molar-refractivity contribution in [2.24, 2.45) is 0 Å². The number of piperazine rings is 1. The van der Waals surface area contributed by atoms with Crippen LogP contribution in [0.2, 0.25) is 0 Å². The van der Waals surface area contributed by atoms with Gasteiger partial charge in [-0.25, -0.2) is 4.79 Å². The molecule has 0 bridgehead atoms. The largest absolute Gasteiger partial charge is 0.490 e. The van der Waals surface area contributed by atoms with Gasteiger partial charge in [-0.1, -0.05) is 0 Å². The minimum Gasteiger partial charge on any atom is -0.490 e. The van der Waals surface area contributed by atoms with Crippen molar-refractivity contribution in [1.82, 2.24) is 15.1 Å². The van der Waals surface area contributed by atoms with Crippen molar-refractivity contribution in [3.63, 3.8) is 0 Å². The van der Waals surface area contributed by atoms with E-state index < -0.39 is 5.97 Å². The number of hydrogen-bond donors (Lipinski definition) is 1. The highest BCUT2D eigenvalue weighted by Crippen LogP contribution is 2.30. The summed E-state index contributed by atoms with van der Waals surface area (Å²) in [6, 6.07) is 5.51. The molecule has 1 atom stereocenters. The molecule has 2 saturated heterocycles. The number of methoxy groups -OCH3 is 1. The molecule has 1 aromatic rings. The molecule has 2 heterocycles. The van der Waals surface area contributed by atoms with Gasteiger partial charge in [0.2, 0.25) is 0 Å². The Morgan fingerprint density at radius 3 is 2.59 bits per heavy atom. The van der Waals surface area contributed by atoms with E-state index in [0.717, 1.165) is 45.7 Å². The number of amides is 1. The van der Waals surface area contributed by atoms with Crippen LogP contribution in [0.25, 0.3) is 0 Å². The van der Waals surface area contributed by atoms with Gasteiger partial charge >= 0.3 is 5.97 Å². The second-order valence-electron chi connectivity index (χ2n) is 6.94. The number of nitrogens with one attached hydrogen (secondary N) is 1. The molecule has 1 amide bonds. The average molecular weight is 428 g/mol. The number of carbonyl (C=O) groups is 2. The van der Waals surface area contributed by atoms with Crippen molar-refractivity contribution < 1.29 is 23.8 Å². The average Bonchev–Trinajstić information content (AvgIpc) is 3.23. The predicted octanol–water partition coefficient (Wildman–Crippen LogP) is 1.18. The Labute approximate surface area is 177 Å². The normalized spacial score (nSPS) is 19.4. The van der Waals surface area contributed by atoms with E-state index in [1.54, 1.807) is 18.2 Å². The Morgan fingerprint density at radius 1 is 1.14 bits per heavy atom. The lowest BCUT2D eigenvalue weighted by molar-refractivity contribution is -0.142. The van der Waals surface area contributed by atoms with E-state index in [0.29, 0.717) is 29.7 Å². The van der Waals surface area contributed by atoms with Gasteiger partial charge in [0.05, 0.1) is 13.7 Å². The van der Waals surface area contributed by atoms with Gasteiger partial charge in [-0.2, -0.15) is 0 Å². The molecule has 0 spiro atoms. The van der Waals surface area contributed by atoms with E-state index in [9.17, 15) is 9.59 Å². The summed E-state index contributed by atoms with van der Waals surface area (Å²) in [5.41, 5.74) is 0.565. The molecule has 162 valence electrons. The topological polar surface area (TPSA) is 80.3 Å². The van der Waals surface area contributed by atoms with Crippen LogP contribution in [0.15, 0.2) is 18.2 Å². The summed E-state index contributed by atoms with van der Waals surface area (Å²) >= 11 is 0. The van der Waals surface area contributed by atoms with Crippen molar-refractivity contribution >= 4 is 24.3 Å². The second kappa shape index (κ2) is 11.2. The van der Waals surface area contributed by atoms with E-state index >= 15 is 0 Å². The third kappa shape index (κ3) is 5.98. The van der Waals surface area contributed by atoms with Crippen LogP contribution in [0, 0.1) is 0 Å². The number of esters is 1. The van der Waals surface area contributed by atoms with Crippen molar-refractivity contribution in [3.8, 4) is 11.5 Å². The highest BCUT2D eigenvalue weighted by atomic mass is 35.5. The van der Waals surface area contributed by atoms with Crippen LogP contribution in [0.1, 0.15) is 23.7 Å². The molecule has 1 aromatic carbocycles. The number of ether oxygens (including phenoxy) is 3. The maximum Gasteiger partial charge on any atom is 0.343 e. The fourth-order valence-corrected chi connectivity index (χ4v) is 3.68.